The van der Waals surface area contributed by atoms with Crippen LogP contribution >= 0.6 is 11.8 Å². The fourth-order valence-corrected chi connectivity index (χ4v) is 3.31. The highest BCUT2D eigenvalue weighted by atomic mass is 32.2. The first-order valence-electron chi connectivity index (χ1n) is 7.18. The summed E-state index contributed by atoms with van der Waals surface area (Å²) in [4.78, 5) is 0. The van der Waals surface area contributed by atoms with Gasteiger partial charge in [-0.25, -0.2) is 4.68 Å². The number of nitrogens with one attached hydrogen (secondary N) is 1. The van der Waals surface area contributed by atoms with E-state index in [2.05, 4.69) is 58.4 Å². The molecule has 1 aromatic carbocycles. The van der Waals surface area contributed by atoms with Gasteiger partial charge < -0.3 is 5.43 Å². The summed E-state index contributed by atoms with van der Waals surface area (Å²) < 4.78 is 2.08. The van der Waals surface area contributed by atoms with Crippen molar-refractivity contribution in [3.05, 3.63) is 41.2 Å². The molecule has 0 bridgehead atoms. The molecule has 1 aromatic heterocycles. The lowest BCUT2D eigenvalue weighted by Gasteiger charge is -2.26. The maximum atomic E-state index is 4.31. The molecule has 0 aliphatic carbocycles. The molecule has 0 saturated heterocycles. The van der Waals surface area contributed by atoms with Gasteiger partial charge in [0.05, 0.1) is 6.04 Å². The summed E-state index contributed by atoms with van der Waals surface area (Å²) in [7, 11) is 0. The minimum absolute atomic E-state index is 0.324. The molecule has 4 nitrogen and oxygen atoms in total. The number of rotatable bonds is 4. The van der Waals surface area contributed by atoms with Gasteiger partial charge in [-0.3, -0.25) is 0 Å². The van der Waals surface area contributed by atoms with Crippen LogP contribution < -0.4 is 5.43 Å². The van der Waals surface area contributed by atoms with Crippen molar-refractivity contribution >= 4 is 11.8 Å². The largest absolute Gasteiger partial charge is 0.314 e. The normalized spacial score (nSPS) is 17.6. The van der Waals surface area contributed by atoms with Crippen molar-refractivity contribution in [2.45, 2.75) is 44.3 Å². The summed E-state index contributed by atoms with van der Waals surface area (Å²) in [5, 5.41) is 9.56. The Morgan fingerprint density at radius 1 is 1.30 bits per heavy atom. The molecule has 2 aromatic rings. The van der Waals surface area contributed by atoms with Crippen molar-refractivity contribution in [1.82, 2.24) is 14.9 Å². The molecule has 0 radical (unpaired) electrons. The Morgan fingerprint density at radius 3 is 2.85 bits per heavy atom. The molecule has 0 spiro atoms. The fraction of sp³-hybridized carbons (Fsp3) is 0.467. The van der Waals surface area contributed by atoms with Crippen molar-refractivity contribution in [3.8, 4) is 0 Å². The van der Waals surface area contributed by atoms with Crippen LogP contribution in [-0.2, 0) is 6.42 Å². The van der Waals surface area contributed by atoms with Gasteiger partial charge in [0.1, 0.15) is 0 Å². The standard InChI is InChI=1S/C15H20N4S/c1-3-4-5-14-16-17-15-19(14)18-13(10-20-15)12-8-6-11(2)7-9-12/h6-9,13,18H,3-5,10H2,1-2H3. The van der Waals surface area contributed by atoms with E-state index < -0.39 is 0 Å². The summed E-state index contributed by atoms with van der Waals surface area (Å²) in [5.74, 6) is 2.04. The Hall–Kier alpha value is -1.49. The lowest BCUT2D eigenvalue weighted by atomic mass is 10.1. The predicted octanol–water partition coefficient (Wildman–Crippen LogP) is 3.32. The zero-order valence-electron chi connectivity index (χ0n) is 12.0. The van der Waals surface area contributed by atoms with Crippen molar-refractivity contribution in [3.63, 3.8) is 0 Å². The molecule has 0 fully saturated rings. The Bertz CT molecular complexity index is 576. The van der Waals surface area contributed by atoms with Crippen LogP contribution in [0.3, 0.4) is 0 Å². The highest BCUT2D eigenvalue weighted by Gasteiger charge is 2.23. The molecule has 1 N–H and O–H groups in total. The van der Waals surface area contributed by atoms with Crippen LogP contribution in [-0.4, -0.2) is 20.6 Å². The summed E-state index contributed by atoms with van der Waals surface area (Å²) in [6.07, 6.45) is 3.31. The van der Waals surface area contributed by atoms with Gasteiger partial charge in [0, 0.05) is 12.2 Å². The number of hydrogen-bond donors (Lipinski definition) is 1. The quantitative estimate of drug-likeness (QED) is 0.937. The summed E-state index contributed by atoms with van der Waals surface area (Å²) in [6.45, 7) is 4.32. The Balaban J connectivity index is 1.79. The van der Waals surface area contributed by atoms with Crippen LogP contribution in [0.5, 0.6) is 0 Å². The number of thioether (sulfide) groups is 1. The lowest BCUT2D eigenvalue weighted by molar-refractivity contribution is 0.619. The van der Waals surface area contributed by atoms with Gasteiger partial charge in [0.25, 0.3) is 0 Å². The van der Waals surface area contributed by atoms with Gasteiger partial charge in [-0.15, -0.1) is 10.2 Å². The average Bonchev–Trinajstić information content (AvgIpc) is 2.88. The number of benzene rings is 1. The minimum atomic E-state index is 0.324. The van der Waals surface area contributed by atoms with Crippen LogP contribution in [0.1, 0.15) is 42.8 Å². The predicted molar refractivity (Wildman–Crippen MR) is 82.6 cm³/mol. The molecule has 1 atom stereocenters. The van der Waals surface area contributed by atoms with Crippen molar-refractivity contribution < 1.29 is 0 Å². The number of fused-ring (bicyclic) bond motifs is 1. The second-order valence-electron chi connectivity index (χ2n) is 5.24. The van der Waals surface area contributed by atoms with Crippen LogP contribution in [0.25, 0.3) is 0 Å². The Kier molecular flexibility index (Phi) is 3.96. The van der Waals surface area contributed by atoms with Crippen LogP contribution in [0, 0.1) is 6.92 Å². The van der Waals surface area contributed by atoms with Crippen molar-refractivity contribution in [2.24, 2.45) is 0 Å². The van der Waals surface area contributed by atoms with Gasteiger partial charge in [0.15, 0.2) is 5.82 Å². The topological polar surface area (TPSA) is 42.7 Å². The van der Waals surface area contributed by atoms with E-state index in [1.807, 2.05) is 0 Å². The zero-order valence-corrected chi connectivity index (χ0v) is 12.8. The molecule has 3 rings (SSSR count). The first kappa shape index (κ1) is 13.5. The number of aryl methyl sites for hydroxylation is 2. The maximum absolute atomic E-state index is 4.31. The maximum Gasteiger partial charge on any atom is 0.210 e. The summed E-state index contributed by atoms with van der Waals surface area (Å²) in [6, 6.07) is 9.07. The molecule has 2 heterocycles. The van der Waals surface area contributed by atoms with Crippen LogP contribution in [0.2, 0.25) is 0 Å². The number of nitrogens with zero attached hydrogens (tertiary/aromatic N) is 3. The van der Waals surface area contributed by atoms with Crippen molar-refractivity contribution in [2.75, 3.05) is 11.2 Å². The number of hydrogen-bond acceptors (Lipinski definition) is 4. The molecule has 1 aliphatic heterocycles. The highest BCUT2D eigenvalue weighted by molar-refractivity contribution is 7.99. The third kappa shape index (κ3) is 2.68. The highest BCUT2D eigenvalue weighted by Crippen LogP contribution is 2.30. The smallest absolute Gasteiger partial charge is 0.210 e. The van der Waals surface area contributed by atoms with E-state index >= 15 is 0 Å². The second-order valence-corrected chi connectivity index (χ2v) is 6.23. The van der Waals surface area contributed by atoms with Gasteiger partial charge in [-0.05, 0) is 18.9 Å². The Labute approximate surface area is 124 Å². The molecular formula is C15H20N4S. The van der Waals surface area contributed by atoms with Crippen LogP contribution in [0.4, 0.5) is 0 Å². The molecule has 20 heavy (non-hydrogen) atoms. The zero-order chi connectivity index (χ0) is 13.9. The first-order valence-corrected chi connectivity index (χ1v) is 8.16. The molecule has 5 heteroatoms. The second kappa shape index (κ2) is 5.87. The van der Waals surface area contributed by atoms with Gasteiger partial charge in [0.2, 0.25) is 5.16 Å². The van der Waals surface area contributed by atoms with E-state index in [9.17, 15) is 0 Å². The van der Waals surface area contributed by atoms with E-state index in [4.69, 9.17) is 0 Å². The van der Waals surface area contributed by atoms with E-state index in [0.29, 0.717) is 6.04 Å². The van der Waals surface area contributed by atoms with Gasteiger partial charge in [-0.1, -0.05) is 54.9 Å². The number of aromatic nitrogens is 3. The fourth-order valence-electron chi connectivity index (χ4n) is 2.34. The van der Waals surface area contributed by atoms with E-state index in [1.165, 1.54) is 17.5 Å². The summed E-state index contributed by atoms with van der Waals surface area (Å²) in [5.41, 5.74) is 6.18. The average molecular weight is 288 g/mol. The van der Waals surface area contributed by atoms with Crippen molar-refractivity contribution in [1.29, 1.82) is 0 Å². The monoisotopic (exact) mass is 288 g/mol. The molecule has 0 saturated carbocycles. The Morgan fingerprint density at radius 2 is 2.10 bits per heavy atom. The minimum Gasteiger partial charge on any atom is -0.314 e. The lowest BCUT2D eigenvalue weighted by Crippen LogP contribution is -2.29. The third-order valence-corrected chi connectivity index (χ3v) is 4.62. The molecule has 1 aliphatic rings. The van der Waals surface area contributed by atoms with Gasteiger partial charge >= 0.3 is 0 Å². The van der Waals surface area contributed by atoms with Gasteiger partial charge in [-0.2, -0.15) is 0 Å². The molecular weight excluding hydrogens is 268 g/mol. The van der Waals surface area contributed by atoms with Crippen LogP contribution in [0.15, 0.2) is 29.4 Å². The van der Waals surface area contributed by atoms with E-state index in [0.717, 1.165) is 29.6 Å². The SMILES string of the molecule is CCCCc1nnc2n1NC(c1ccc(C)cc1)CS2. The molecule has 106 valence electrons. The third-order valence-electron chi connectivity index (χ3n) is 3.60. The molecule has 1 unspecified atom stereocenters. The van der Waals surface area contributed by atoms with E-state index in [1.54, 1.807) is 11.8 Å². The molecule has 0 amide bonds. The number of unbranched alkanes of at least 4 members (excludes halogenated alkanes) is 1. The first-order chi connectivity index (χ1) is 9.78. The van der Waals surface area contributed by atoms with E-state index in [-0.39, 0.29) is 0 Å². The summed E-state index contributed by atoms with van der Waals surface area (Å²) >= 11 is 1.78.